The fourth-order valence-corrected chi connectivity index (χ4v) is 5.57. The highest BCUT2D eigenvalue weighted by Gasteiger charge is 2.39. The average molecular weight is 448 g/mol. The van der Waals surface area contributed by atoms with Gasteiger partial charge in [-0.25, -0.2) is 4.39 Å². The molecule has 0 spiro atoms. The van der Waals surface area contributed by atoms with Crippen molar-refractivity contribution in [3.63, 3.8) is 0 Å². The molecule has 1 saturated carbocycles. The molecule has 172 valence electrons. The van der Waals surface area contributed by atoms with Crippen molar-refractivity contribution in [2.45, 2.75) is 65.2 Å². The normalized spacial score (nSPS) is 21.3. The molecule has 2 N–H and O–H groups in total. The van der Waals surface area contributed by atoms with Crippen LogP contribution in [0.3, 0.4) is 0 Å². The van der Waals surface area contributed by atoms with Gasteiger partial charge in [0, 0.05) is 22.2 Å². The SMILES string of the molecule is Cc1cc(-n2c(C(C)C)c(C3CCC(C)(C(=O)O)CC3)c3cc4[nH]ncc4cc32)ccc1F. The highest BCUT2D eigenvalue weighted by molar-refractivity contribution is 5.99. The zero-order valence-electron chi connectivity index (χ0n) is 19.6. The molecule has 0 unspecified atom stereocenters. The predicted molar refractivity (Wildman–Crippen MR) is 129 cm³/mol. The zero-order chi connectivity index (χ0) is 23.5. The first-order valence-electron chi connectivity index (χ1n) is 11.7. The summed E-state index contributed by atoms with van der Waals surface area (Å²) in [5.74, 6) is -0.394. The van der Waals surface area contributed by atoms with Crippen LogP contribution < -0.4 is 0 Å². The summed E-state index contributed by atoms with van der Waals surface area (Å²) >= 11 is 0. The summed E-state index contributed by atoms with van der Waals surface area (Å²) in [4.78, 5) is 11.8. The number of rotatable bonds is 4. The number of aryl methyl sites for hydroxylation is 1. The molecule has 2 heterocycles. The molecule has 5 rings (SSSR count). The number of carbonyl (C=O) groups is 1. The van der Waals surface area contributed by atoms with Crippen molar-refractivity contribution in [3.05, 3.63) is 59.2 Å². The van der Waals surface area contributed by atoms with Crippen LogP contribution in [-0.4, -0.2) is 25.8 Å². The van der Waals surface area contributed by atoms with E-state index in [1.54, 1.807) is 6.92 Å². The molecule has 0 atom stereocenters. The van der Waals surface area contributed by atoms with Crippen LogP contribution in [0, 0.1) is 18.2 Å². The Hall–Kier alpha value is -3.15. The maximum atomic E-state index is 14.1. The van der Waals surface area contributed by atoms with Crippen LogP contribution in [0.15, 0.2) is 36.5 Å². The van der Waals surface area contributed by atoms with Crippen molar-refractivity contribution in [1.82, 2.24) is 14.8 Å². The molecule has 0 aliphatic heterocycles. The number of carboxylic acid groups (broad SMARTS) is 1. The summed E-state index contributed by atoms with van der Waals surface area (Å²) in [6.45, 7) is 8.06. The number of hydrogen-bond donors (Lipinski definition) is 2. The van der Waals surface area contributed by atoms with Crippen molar-refractivity contribution in [1.29, 1.82) is 0 Å². The van der Waals surface area contributed by atoms with E-state index in [-0.39, 0.29) is 17.7 Å². The Balaban J connectivity index is 1.77. The minimum Gasteiger partial charge on any atom is -0.481 e. The van der Waals surface area contributed by atoms with E-state index < -0.39 is 11.4 Å². The molecular weight excluding hydrogens is 417 g/mol. The number of carboxylic acids is 1. The third-order valence-corrected chi connectivity index (χ3v) is 7.56. The van der Waals surface area contributed by atoms with Gasteiger partial charge in [0.1, 0.15) is 5.82 Å². The predicted octanol–water partition coefficient (Wildman–Crippen LogP) is 6.83. The number of benzene rings is 2. The monoisotopic (exact) mass is 447 g/mol. The van der Waals surface area contributed by atoms with Gasteiger partial charge in [-0.1, -0.05) is 13.8 Å². The van der Waals surface area contributed by atoms with Gasteiger partial charge < -0.3 is 9.67 Å². The Morgan fingerprint density at radius 3 is 2.61 bits per heavy atom. The molecule has 1 fully saturated rings. The van der Waals surface area contributed by atoms with Crippen molar-refractivity contribution in [3.8, 4) is 5.69 Å². The summed E-state index contributed by atoms with van der Waals surface area (Å²) in [6.07, 6.45) is 4.84. The zero-order valence-corrected chi connectivity index (χ0v) is 19.6. The standard InChI is InChI=1S/C27H30FN3O2/c1-15(2)25-24(17-7-9-27(4,10-8-17)26(32)33)20-13-22-18(14-29-30-22)12-23(20)31(25)19-5-6-21(28)16(3)11-19/h5-6,11-15,17H,7-10H2,1-4H3,(H,29,30)(H,32,33). The molecule has 5 nitrogen and oxygen atoms in total. The first kappa shape index (κ1) is 21.7. The summed E-state index contributed by atoms with van der Waals surface area (Å²) < 4.78 is 16.4. The number of aromatic nitrogens is 3. The van der Waals surface area contributed by atoms with Gasteiger partial charge in [-0.15, -0.1) is 0 Å². The number of nitrogens with zero attached hydrogens (tertiary/aromatic N) is 2. The fourth-order valence-electron chi connectivity index (χ4n) is 5.57. The molecule has 4 aromatic rings. The van der Waals surface area contributed by atoms with Crippen molar-refractivity contribution < 1.29 is 14.3 Å². The largest absolute Gasteiger partial charge is 0.481 e. The van der Waals surface area contributed by atoms with Crippen LogP contribution in [0.25, 0.3) is 27.5 Å². The maximum Gasteiger partial charge on any atom is 0.309 e. The molecule has 33 heavy (non-hydrogen) atoms. The van der Waals surface area contributed by atoms with Gasteiger partial charge in [-0.2, -0.15) is 5.10 Å². The lowest BCUT2D eigenvalue weighted by Gasteiger charge is -2.34. The van der Waals surface area contributed by atoms with E-state index in [2.05, 4.69) is 40.7 Å². The molecule has 0 amide bonds. The van der Waals surface area contributed by atoms with E-state index in [9.17, 15) is 14.3 Å². The number of halogens is 1. The topological polar surface area (TPSA) is 70.9 Å². The molecule has 0 radical (unpaired) electrons. The Labute approximate surface area is 192 Å². The van der Waals surface area contributed by atoms with Gasteiger partial charge in [0.05, 0.1) is 22.6 Å². The number of fused-ring (bicyclic) bond motifs is 2. The molecule has 0 bridgehead atoms. The highest BCUT2D eigenvalue weighted by Crippen LogP contribution is 2.48. The molecule has 0 saturated heterocycles. The molecule has 1 aliphatic carbocycles. The lowest BCUT2D eigenvalue weighted by Crippen LogP contribution is -2.32. The number of hydrogen-bond acceptors (Lipinski definition) is 2. The first-order chi connectivity index (χ1) is 15.7. The van der Waals surface area contributed by atoms with E-state index in [1.165, 1.54) is 22.7 Å². The molecule has 6 heteroatoms. The van der Waals surface area contributed by atoms with E-state index in [0.29, 0.717) is 18.4 Å². The number of nitrogens with one attached hydrogen (secondary N) is 1. The summed E-state index contributed by atoms with van der Waals surface area (Å²) in [5.41, 5.74) is 5.49. The van der Waals surface area contributed by atoms with E-state index in [1.807, 2.05) is 25.3 Å². The van der Waals surface area contributed by atoms with Crippen molar-refractivity contribution >= 4 is 27.8 Å². The Bertz CT molecular complexity index is 1370. The number of aromatic amines is 1. The van der Waals surface area contributed by atoms with Gasteiger partial charge in [-0.3, -0.25) is 9.89 Å². The molecule has 2 aromatic carbocycles. The second-order valence-electron chi connectivity index (χ2n) is 10.2. The highest BCUT2D eigenvalue weighted by atomic mass is 19.1. The van der Waals surface area contributed by atoms with Gasteiger partial charge in [0.2, 0.25) is 0 Å². The second-order valence-corrected chi connectivity index (χ2v) is 10.2. The van der Waals surface area contributed by atoms with Crippen LogP contribution >= 0.6 is 0 Å². The van der Waals surface area contributed by atoms with Crippen LogP contribution in [0.5, 0.6) is 0 Å². The van der Waals surface area contributed by atoms with E-state index >= 15 is 0 Å². The quantitative estimate of drug-likeness (QED) is 0.360. The van der Waals surface area contributed by atoms with E-state index in [4.69, 9.17) is 0 Å². The Kier molecular flexibility index (Phi) is 5.07. The van der Waals surface area contributed by atoms with Gasteiger partial charge in [0.15, 0.2) is 0 Å². The van der Waals surface area contributed by atoms with Crippen LogP contribution in [0.4, 0.5) is 4.39 Å². The third-order valence-electron chi connectivity index (χ3n) is 7.56. The van der Waals surface area contributed by atoms with Crippen LogP contribution in [0.1, 0.15) is 75.1 Å². The average Bonchev–Trinajstić information content (AvgIpc) is 3.36. The molecule has 2 aromatic heterocycles. The van der Waals surface area contributed by atoms with E-state index in [0.717, 1.165) is 34.9 Å². The van der Waals surface area contributed by atoms with Crippen molar-refractivity contribution in [2.24, 2.45) is 5.41 Å². The molecule has 1 aliphatic rings. The van der Waals surface area contributed by atoms with Crippen LogP contribution in [-0.2, 0) is 4.79 Å². The minimum atomic E-state index is -0.701. The minimum absolute atomic E-state index is 0.209. The van der Waals surface area contributed by atoms with Gasteiger partial charge >= 0.3 is 5.97 Å². The second kappa shape index (κ2) is 7.72. The lowest BCUT2D eigenvalue weighted by atomic mass is 9.69. The lowest BCUT2D eigenvalue weighted by molar-refractivity contribution is -0.149. The summed E-state index contributed by atoms with van der Waals surface area (Å²) in [6, 6.07) is 9.63. The molecular formula is C27H30FN3O2. The van der Waals surface area contributed by atoms with Gasteiger partial charge in [-0.05, 0) is 92.8 Å². The van der Waals surface area contributed by atoms with Crippen LogP contribution in [0.2, 0.25) is 0 Å². The maximum absolute atomic E-state index is 14.1. The fraction of sp³-hybridized carbons (Fsp3) is 0.407. The summed E-state index contributed by atoms with van der Waals surface area (Å²) in [7, 11) is 0. The number of aliphatic carboxylic acids is 1. The smallest absolute Gasteiger partial charge is 0.309 e. The Morgan fingerprint density at radius 1 is 1.24 bits per heavy atom. The summed E-state index contributed by atoms with van der Waals surface area (Å²) in [5, 5.41) is 19.2. The number of H-pyrrole nitrogens is 1. The third kappa shape index (κ3) is 3.43. The van der Waals surface area contributed by atoms with Gasteiger partial charge in [0.25, 0.3) is 0 Å². The Morgan fingerprint density at radius 2 is 1.97 bits per heavy atom. The van der Waals surface area contributed by atoms with Crippen molar-refractivity contribution in [2.75, 3.05) is 0 Å². The first-order valence-corrected chi connectivity index (χ1v) is 11.7.